The molecule has 0 bridgehead atoms. The molecule has 3 aromatic rings. The van der Waals surface area contributed by atoms with Gasteiger partial charge in [0.2, 0.25) is 5.82 Å². The van der Waals surface area contributed by atoms with Crippen LogP contribution >= 0.6 is 11.3 Å². The Morgan fingerprint density at radius 1 is 1.52 bits per heavy atom. The zero-order chi connectivity index (χ0) is 16.0. The fourth-order valence-electron chi connectivity index (χ4n) is 2.81. The molecule has 3 heterocycles. The highest BCUT2D eigenvalue weighted by molar-refractivity contribution is 7.15. The predicted molar refractivity (Wildman–Crippen MR) is 87.4 cm³/mol. The monoisotopic (exact) mass is 330 g/mol. The number of thiazole rings is 1. The third-order valence-corrected chi connectivity index (χ3v) is 4.73. The molecule has 2 aromatic heterocycles. The smallest absolute Gasteiger partial charge is 0.372 e. The van der Waals surface area contributed by atoms with Crippen molar-refractivity contribution in [3.8, 4) is 5.75 Å². The summed E-state index contributed by atoms with van der Waals surface area (Å²) < 4.78 is 7.00. The summed E-state index contributed by atoms with van der Waals surface area (Å²) in [6.07, 6.45) is 2.56. The molecule has 1 aliphatic rings. The Labute approximate surface area is 135 Å². The molecule has 0 amide bonds. The van der Waals surface area contributed by atoms with Crippen molar-refractivity contribution >= 4 is 27.9 Å². The summed E-state index contributed by atoms with van der Waals surface area (Å²) in [5.74, 6) is 1.19. The first kappa shape index (κ1) is 14.0. The van der Waals surface area contributed by atoms with Gasteiger partial charge >= 0.3 is 5.82 Å². The van der Waals surface area contributed by atoms with Gasteiger partial charge in [-0.05, 0) is 35.1 Å². The molecule has 7 nitrogen and oxygen atoms in total. The van der Waals surface area contributed by atoms with Crippen molar-refractivity contribution in [1.29, 1.82) is 0 Å². The van der Waals surface area contributed by atoms with Crippen LogP contribution in [-0.4, -0.2) is 20.9 Å². The highest BCUT2D eigenvalue weighted by atomic mass is 32.1. The van der Waals surface area contributed by atoms with Crippen LogP contribution in [0.1, 0.15) is 24.1 Å². The van der Waals surface area contributed by atoms with E-state index in [2.05, 4.69) is 16.4 Å². The Kier molecular flexibility index (Phi) is 3.19. The highest BCUT2D eigenvalue weighted by Gasteiger charge is 2.25. The third kappa shape index (κ3) is 2.31. The van der Waals surface area contributed by atoms with Gasteiger partial charge in [0.25, 0.3) is 4.96 Å². The van der Waals surface area contributed by atoms with E-state index in [1.807, 2.05) is 19.1 Å². The van der Waals surface area contributed by atoms with Gasteiger partial charge < -0.3 is 20.2 Å². The molecule has 118 valence electrons. The minimum atomic E-state index is -0.404. The number of hydrogen-bond donors (Lipinski definition) is 1. The van der Waals surface area contributed by atoms with Crippen molar-refractivity contribution in [2.45, 2.75) is 19.4 Å². The van der Waals surface area contributed by atoms with Crippen molar-refractivity contribution in [3.05, 3.63) is 51.0 Å². The molecule has 1 N–H and O–H groups in total. The zero-order valence-electron chi connectivity index (χ0n) is 12.4. The normalized spacial score (nSPS) is 14.5. The molecule has 1 unspecified atom stereocenters. The molecule has 0 spiro atoms. The summed E-state index contributed by atoms with van der Waals surface area (Å²) in [6.45, 7) is 2.68. The van der Waals surface area contributed by atoms with Crippen LogP contribution in [0.3, 0.4) is 0 Å². The number of nitrogens with one attached hydrogen (secondary N) is 1. The van der Waals surface area contributed by atoms with Crippen LogP contribution < -0.4 is 10.1 Å². The summed E-state index contributed by atoms with van der Waals surface area (Å²) in [5.41, 5.74) is 2.23. The molecule has 0 radical (unpaired) electrons. The highest BCUT2D eigenvalue weighted by Crippen LogP contribution is 2.33. The largest absolute Gasteiger partial charge is 0.493 e. The van der Waals surface area contributed by atoms with Crippen LogP contribution in [0.15, 0.2) is 29.8 Å². The Bertz CT molecular complexity index is 901. The summed E-state index contributed by atoms with van der Waals surface area (Å²) in [5, 5.41) is 16.3. The Hall–Kier alpha value is -2.61. The number of hydrogen-bond acceptors (Lipinski definition) is 6. The molecule has 1 aromatic carbocycles. The van der Waals surface area contributed by atoms with Crippen LogP contribution in [0.2, 0.25) is 0 Å². The molecule has 0 saturated carbocycles. The minimum Gasteiger partial charge on any atom is -0.493 e. The molecule has 1 atom stereocenters. The molecule has 1 aliphatic heterocycles. The third-order valence-electron chi connectivity index (χ3n) is 3.98. The molecule has 0 saturated heterocycles. The maximum absolute atomic E-state index is 11.4. The molecule has 0 fully saturated rings. The quantitative estimate of drug-likeness (QED) is 0.585. The van der Waals surface area contributed by atoms with E-state index >= 15 is 0 Å². The van der Waals surface area contributed by atoms with Crippen molar-refractivity contribution in [1.82, 2.24) is 9.38 Å². The lowest BCUT2D eigenvalue weighted by molar-refractivity contribution is -0.389. The molecular formula is C15H14N4O3S. The van der Waals surface area contributed by atoms with Gasteiger partial charge in [-0.2, -0.15) is 9.38 Å². The summed E-state index contributed by atoms with van der Waals surface area (Å²) in [7, 11) is 0. The summed E-state index contributed by atoms with van der Waals surface area (Å²) in [4.78, 5) is 15.9. The molecule has 8 heteroatoms. The van der Waals surface area contributed by atoms with Crippen LogP contribution in [0.5, 0.6) is 5.75 Å². The Morgan fingerprint density at radius 2 is 2.39 bits per heavy atom. The first-order valence-electron chi connectivity index (χ1n) is 7.25. The number of rotatable bonds is 4. The van der Waals surface area contributed by atoms with Crippen molar-refractivity contribution in [2.24, 2.45) is 0 Å². The van der Waals surface area contributed by atoms with Gasteiger partial charge in [0, 0.05) is 11.8 Å². The molecular weight excluding hydrogens is 316 g/mol. The number of imidazole rings is 1. The Balaban J connectivity index is 1.66. The van der Waals surface area contributed by atoms with E-state index in [0.717, 1.165) is 17.7 Å². The van der Waals surface area contributed by atoms with E-state index in [-0.39, 0.29) is 11.9 Å². The summed E-state index contributed by atoms with van der Waals surface area (Å²) >= 11 is 1.37. The number of nitrogens with zero attached hydrogens (tertiary/aromatic N) is 3. The lowest BCUT2D eigenvalue weighted by atomic mass is 10.0. The zero-order valence-corrected chi connectivity index (χ0v) is 13.2. The van der Waals surface area contributed by atoms with E-state index in [0.29, 0.717) is 17.4 Å². The molecule has 0 aliphatic carbocycles. The van der Waals surface area contributed by atoms with E-state index in [9.17, 15) is 10.1 Å². The second-order valence-corrected chi connectivity index (χ2v) is 6.30. The fraction of sp³-hybridized carbons (Fsp3) is 0.267. The van der Waals surface area contributed by atoms with Gasteiger partial charge in [-0.25, -0.2) is 0 Å². The van der Waals surface area contributed by atoms with E-state index in [1.165, 1.54) is 21.3 Å². The molecule has 23 heavy (non-hydrogen) atoms. The van der Waals surface area contributed by atoms with E-state index < -0.39 is 4.92 Å². The standard InChI is InChI=1S/C15H14N4O3S/c1-9(10-2-3-12-11(8-10)4-6-22-12)16-13-14(19(20)21)18-5-7-23-15(18)17-13/h2-3,5,7-9,16H,4,6H2,1H3. The number of aromatic nitrogens is 2. The summed E-state index contributed by atoms with van der Waals surface area (Å²) in [6, 6.07) is 5.93. The van der Waals surface area contributed by atoms with Crippen molar-refractivity contribution in [2.75, 3.05) is 11.9 Å². The lowest BCUT2D eigenvalue weighted by Crippen LogP contribution is -2.09. The average Bonchev–Trinajstić information content (AvgIpc) is 3.20. The topological polar surface area (TPSA) is 81.7 Å². The number of anilines is 1. The fourth-order valence-corrected chi connectivity index (χ4v) is 3.52. The van der Waals surface area contributed by atoms with Gasteiger partial charge in [0.05, 0.1) is 12.6 Å². The van der Waals surface area contributed by atoms with Crippen LogP contribution in [0.25, 0.3) is 4.96 Å². The van der Waals surface area contributed by atoms with Gasteiger partial charge in [0.1, 0.15) is 11.9 Å². The van der Waals surface area contributed by atoms with E-state index in [4.69, 9.17) is 4.74 Å². The second kappa shape index (κ2) is 5.24. The van der Waals surface area contributed by atoms with Gasteiger partial charge in [-0.3, -0.25) is 0 Å². The SMILES string of the molecule is CC(Nc1nc2sccn2c1[N+](=O)[O-])c1ccc2c(c1)CCO2. The maximum Gasteiger partial charge on any atom is 0.372 e. The van der Waals surface area contributed by atoms with Crippen molar-refractivity contribution in [3.63, 3.8) is 0 Å². The number of ether oxygens (including phenoxy) is 1. The predicted octanol–water partition coefficient (Wildman–Crippen LogP) is 3.41. The van der Waals surface area contributed by atoms with Crippen LogP contribution in [-0.2, 0) is 6.42 Å². The maximum atomic E-state index is 11.4. The number of fused-ring (bicyclic) bond motifs is 2. The van der Waals surface area contributed by atoms with Crippen LogP contribution in [0.4, 0.5) is 11.6 Å². The van der Waals surface area contributed by atoms with E-state index in [1.54, 1.807) is 11.6 Å². The lowest BCUT2D eigenvalue weighted by Gasteiger charge is -2.14. The van der Waals surface area contributed by atoms with Gasteiger partial charge in [0.15, 0.2) is 0 Å². The van der Waals surface area contributed by atoms with Gasteiger partial charge in [-0.15, -0.1) is 0 Å². The Morgan fingerprint density at radius 3 is 3.22 bits per heavy atom. The minimum absolute atomic E-state index is 0.0300. The van der Waals surface area contributed by atoms with Crippen LogP contribution in [0, 0.1) is 10.1 Å². The average molecular weight is 330 g/mol. The number of benzene rings is 1. The van der Waals surface area contributed by atoms with Crippen molar-refractivity contribution < 1.29 is 9.66 Å². The first-order chi connectivity index (χ1) is 11.1. The number of nitro groups is 1. The second-order valence-electron chi connectivity index (χ2n) is 5.43. The first-order valence-corrected chi connectivity index (χ1v) is 8.13. The van der Waals surface area contributed by atoms with Gasteiger partial charge in [-0.1, -0.05) is 17.4 Å². The molecule has 4 rings (SSSR count).